The molecule has 0 saturated heterocycles. The maximum Gasteiger partial charge on any atom is 0.244 e. The van der Waals surface area contributed by atoms with E-state index < -0.39 is 26.1 Å². The second-order valence-electron chi connectivity index (χ2n) is 6.84. The Balaban J connectivity index is 2.31. The van der Waals surface area contributed by atoms with Gasteiger partial charge in [-0.25, -0.2) is 17.4 Å². The average molecular weight is 406 g/mol. The molecule has 0 spiro atoms. The average Bonchev–Trinajstić information content (AvgIpc) is 2.96. The van der Waals surface area contributed by atoms with Crippen LogP contribution in [-0.4, -0.2) is 33.0 Å². The third-order valence-corrected chi connectivity index (χ3v) is 7.20. The van der Waals surface area contributed by atoms with E-state index in [1.807, 2.05) is 30.3 Å². The summed E-state index contributed by atoms with van der Waals surface area (Å²) in [5.41, 5.74) is 6.45. The van der Waals surface area contributed by atoms with Crippen LogP contribution < -0.4 is 5.73 Å². The van der Waals surface area contributed by atoms with E-state index in [1.54, 1.807) is 39.0 Å². The first-order valence-electron chi connectivity index (χ1n) is 8.59. The van der Waals surface area contributed by atoms with Gasteiger partial charge in [0.1, 0.15) is 5.60 Å². The number of aromatic nitrogens is 2. The summed E-state index contributed by atoms with van der Waals surface area (Å²) in [6, 6.07) is 14.2. The van der Waals surface area contributed by atoms with Gasteiger partial charge in [0.2, 0.25) is 16.0 Å². The Kier molecular flexibility index (Phi) is 5.00. The third-order valence-electron chi connectivity index (χ3n) is 4.75. The van der Waals surface area contributed by atoms with Crippen molar-refractivity contribution in [2.45, 2.75) is 36.9 Å². The molecule has 1 aromatic heterocycles. The van der Waals surface area contributed by atoms with E-state index in [2.05, 4.69) is 17.6 Å². The molecular weight excluding hydrogens is 382 g/mol. The lowest BCUT2D eigenvalue weighted by atomic mass is 9.83. The van der Waals surface area contributed by atoms with Crippen molar-refractivity contribution in [1.82, 2.24) is 8.96 Å². The SMILES string of the molecule is CC(S)C(O)(c1ccccc1)c1ccc2nc(N)n(S(=O)(=O)C(C)C)c2c1. The van der Waals surface area contributed by atoms with Gasteiger partial charge in [0, 0.05) is 5.25 Å². The van der Waals surface area contributed by atoms with Crippen LogP contribution >= 0.6 is 12.6 Å². The molecule has 8 heteroatoms. The number of thiol groups is 1. The van der Waals surface area contributed by atoms with Gasteiger partial charge in [-0.2, -0.15) is 12.6 Å². The standard InChI is InChI=1S/C19H23N3O3S2/c1-12(2)27(24,25)22-17-11-15(9-10-16(17)21-18(22)20)19(23,13(3)26)14-7-5-4-6-8-14/h4-13,23,26H,1-3H3,(H2,20,21). The van der Waals surface area contributed by atoms with E-state index in [1.165, 1.54) is 0 Å². The summed E-state index contributed by atoms with van der Waals surface area (Å²) in [7, 11) is -3.71. The number of rotatable bonds is 5. The molecule has 0 saturated carbocycles. The van der Waals surface area contributed by atoms with E-state index in [4.69, 9.17) is 5.73 Å². The van der Waals surface area contributed by atoms with Crippen molar-refractivity contribution in [2.24, 2.45) is 0 Å². The lowest BCUT2D eigenvalue weighted by molar-refractivity contribution is 0.0833. The molecule has 0 aliphatic carbocycles. The van der Waals surface area contributed by atoms with Crippen molar-refractivity contribution in [1.29, 1.82) is 0 Å². The van der Waals surface area contributed by atoms with Crippen LogP contribution in [0, 0.1) is 0 Å². The summed E-state index contributed by atoms with van der Waals surface area (Å²) in [5, 5.41) is 10.4. The Bertz CT molecular complexity index is 1080. The minimum Gasteiger partial charge on any atom is -0.379 e. The molecule has 0 bridgehead atoms. The molecule has 6 nitrogen and oxygen atoms in total. The molecule has 2 unspecified atom stereocenters. The fourth-order valence-corrected chi connectivity index (χ4v) is 4.57. The van der Waals surface area contributed by atoms with Crippen molar-refractivity contribution in [3.8, 4) is 0 Å². The largest absolute Gasteiger partial charge is 0.379 e. The Morgan fingerprint density at radius 2 is 1.74 bits per heavy atom. The van der Waals surface area contributed by atoms with E-state index in [9.17, 15) is 13.5 Å². The van der Waals surface area contributed by atoms with Gasteiger partial charge < -0.3 is 10.8 Å². The van der Waals surface area contributed by atoms with Crippen molar-refractivity contribution >= 4 is 39.6 Å². The molecule has 2 atom stereocenters. The van der Waals surface area contributed by atoms with Gasteiger partial charge in [-0.3, -0.25) is 0 Å². The first kappa shape index (κ1) is 19.7. The molecule has 0 aliphatic heterocycles. The van der Waals surface area contributed by atoms with E-state index in [0.717, 1.165) is 3.97 Å². The maximum absolute atomic E-state index is 12.8. The predicted molar refractivity (Wildman–Crippen MR) is 111 cm³/mol. The molecule has 3 N–H and O–H groups in total. The summed E-state index contributed by atoms with van der Waals surface area (Å²) < 4.78 is 26.6. The third kappa shape index (κ3) is 3.11. The van der Waals surface area contributed by atoms with Crippen molar-refractivity contribution in [2.75, 3.05) is 5.73 Å². The number of nitrogens with zero attached hydrogens (tertiary/aromatic N) is 2. The Morgan fingerprint density at radius 1 is 1.11 bits per heavy atom. The first-order chi connectivity index (χ1) is 12.6. The minimum absolute atomic E-state index is 0.0991. The van der Waals surface area contributed by atoms with Crippen molar-refractivity contribution in [3.63, 3.8) is 0 Å². The second kappa shape index (κ2) is 6.85. The van der Waals surface area contributed by atoms with Crippen LogP contribution in [0.2, 0.25) is 0 Å². The van der Waals surface area contributed by atoms with Crippen LogP contribution in [0.3, 0.4) is 0 Å². The minimum atomic E-state index is -3.71. The highest BCUT2D eigenvalue weighted by Gasteiger charge is 2.37. The number of nitrogen functional groups attached to an aromatic ring is 1. The zero-order chi connectivity index (χ0) is 20.0. The number of anilines is 1. The Morgan fingerprint density at radius 3 is 2.30 bits per heavy atom. The summed E-state index contributed by atoms with van der Waals surface area (Å²) in [6.07, 6.45) is 0. The molecule has 0 fully saturated rings. The van der Waals surface area contributed by atoms with E-state index >= 15 is 0 Å². The predicted octanol–water partition coefficient (Wildman–Crippen LogP) is 2.76. The van der Waals surface area contributed by atoms with Crippen LogP contribution in [0.4, 0.5) is 5.95 Å². The van der Waals surface area contributed by atoms with Crippen molar-refractivity contribution < 1.29 is 13.5 Å². The topological polar surface area (TPSA) is 98.2 Å². The fourth-order valence-electron chi connectivity index (χ4n) is 3.13. The molecule has 144 valence electrons. The monoisotopic (exact) mass is 405 g/mol. The highest BCUT2D eigenvalue weighted by atomic mass is 32.2. The number of fused-ring (bicyclic) bond motifs is 1. The smallest absolute Gasteiger partial charge is 0.244 e. The van der Waals surface area contributed by atoms with Gasteiger partial charge in [-0.1, -0.05) is 43.3 Å². The number of aliphatic hydroxyl groups is 1. The number of benzene rings is 2. The molecule has 1 heterocycles. The maximum atomic E-state index is 12.8. The zero-order valence-electron chi connectivity index (χ0n) is 15.4. The molecule has 2 aromatic carbocycles. The van der Waals surface area contributed by atoms with Crippen LogP contribution in [0.15, 0.2) is 48.5 Å². The van der Waals surface area contributed by atoms with Crippen LogP contribution in [-0.2, 0) is 15.6 Å². The lowest BCUT2D eigenvalue weighted by Crippen LogP contribution is -2.35. The van der Waals surface area contributed by atoms with Crippen LogP contribution in [0.5, 0.6) is 0 Å². The molecule has 0 amide bonds. The number of hydrogen-bond donors (Lipinski definition) is 3. The Hall–Kier alpha value is -2.03. The molecule has 27 heavy (non-hydrogen) atoms. The first-order valence-corrected chi connectivity index (χ1v) is 10.6. The van der Waals surface area contributed by atoms with Gasteiger partial charge >= 0.3 is 0 Å². The highest BCUT2D eigenvalue weighted by molar-refractivity contribution is 7.90. The van der Waals surface area contributed by atoms with Crippen LogP contribution in [0.1, 0.15) is 31.9 Å². The molecular formula is C19H23N3O3S2. The molecule has 0 aliphatic rings. The van der Waals surface area contributed by atoms with Crippen molar-refractivity contribution in [3.05, 3.63) is 59.7 Å². The van der Waals surface area contributed by atoms with E-state index in [-0.39, 0.29) is 5.95 Å². The second-order valence-corrected chi connectivity index (χ2v) is 9.95. The van der Waals surface area contributed by atoms with Gasteiger partial charge in [-0.05, 0) is 37.1 Å². The number of imidazole rings is 1. The van der Waals surface area contributed by atoms with Gasteiger partial charge in [0.05, 0.1) is 16.3 Å². The summed E-state index contributed by atoms with van der Waals surface area (Å²) in [4.78, 5) is 4.16. The molecule has 0 radical (unpaired) electrons. The lowest BCUT2D eigenvalue weighted by Gasteiger charge is -2.33. The number of nitrogens with two attached hydrogens (primary N) is 1. The van der Waals surface area contributed by atoms with Gasteiger partial charge in [0.25, 0.3) is 0 Å². The Labute approximate surface area is 164 Å². The quantitative estimate of drug-likeness (QED) is 0.567. The number of hydrogen-bond acceptors (Lipinski definition) is 6. The molecule has 3 aromatic rings. The zero-order valence-corrected chi connectivity index (χ0v) is 17.1. The summed E-state index contributed by atoms with van der Waals surface area (Å²) >= 11 is 4.50. The fraction of sp³-hybridized carbons (Fsp3) is 0.316. The van der Waals surface area contributed by atoms with Gasteiger partial charge in [-0.15, -0.1) is 0 Å². The van der Waals surface area contributed by atoms with Crippen LogP contribution in [0.25, 0.3) is 11.0 Å². The van der Waals surface area contributed by atoms with E-state index in [0.29, 0.717) is 22.2 Å². The summed E-state index contributed by atoms with van der Waals surface area (Å²) in [6.45, 7) is 4.96. The highest BCUT2D eigenvalue weighted by Crippen LogP contribution is 2.37. The van der Waals surface area contributed by atoms with Gasteiger partial charge in [0.15, 0.2) is 0 Å². The molecule has 3 rings (SSSR count). The normalized spacial score (nSPS) is 15.8. The summed E-state index contributed by atoms with van der Waals surface area (Å²) in [5.74, 6) is -0.0991.